The third kappa shape index (κ3) is 3.88. The lowest BCUT2D eigenvalue weighted by Crippen LogP contribution is -2.23. The summed E-state index contributed by atoms with van der Waals surface area (Å²) in [7, 11) is 1.65. The van der Waals surface area contributed by atoms with Crippen molar-refractivity contribution in [3.05, 3.63) is 46.2 Å². The topological polar surface area (TPSA) is 44.1 Å². The van der Waals surface area contributed by atoms with Crippen molar-refractivity contribution in [2.24, 2.45) is 7.05 Å². The van der Waals surface area contributed by atoms with Crippen LogP contribution in [-0.4, -0.2) is 16.4 Å². The van der Waals surface area contributed by atoms with E-state index in [9.17, 15) is 4.79 Å². The molecule has 0 aliphatic rings. The van der Waals surface area contributed by atoms with Crippen molar-refractivity contribution in [2.45, 2.75) is 25.5 Å². The first kappa shape index (κ1) is 15.6. The first-order valence-electron chi connectivity index (χ1n) is 7.07. The van der Waals surface area contributed by atoms with E-state index in [4.69, 9.17) is 4.74 Å². The van der Waals surface area contributed by atoms with Crippen LogP contribution in [0.2, 0.25) is 0 Å². The Balaban J connectivity index is 2.31. The predicted octanol–water partition coefficient (Wildman–Crippen LogP) is 3.06. The highest BCUT2D eigenvalue weighted by atomic mass is 32.1. The zero-order valence-corrected chi connectivity index (χ0v) is 13.3. The number of hydrogen-bond acceptors (Lipinski definition) is 4. The third-order valence-corrected chi connectivity index (χ3v) is 3.54. The van der Waals surface area contributed by atoms with Crippen molar-refractivity contribution in [2.75, 3.05) is 6.61 Å². The van der Waals surface area contributed by atoms with Gasteiger partial charge >= 0.3 is 0 Å². The van der Waals surface area contributed by atoms with E-state index in [0.29, 0.717) is 17.9 Å². The van der Waals surface area contributed by atoms with Crippen molar-refractivity contribution in [3.8, 4) is 17.0 Å². The molecule has 5 heteroatoms. The smallest absolute Gasteiger partial charge is 0.270 e. The summed E-state index contributed by atoms with van der Waals surface area (Å²) in [5.74, 6) is 1.22. The van der Waals surface area contributed by atoms with Crippen molar-refractivity contribution in [1.82, 2.24) is 9.78 Å². The summed E-state index contributed by atoms with van der Waals surface area (Å²) in [5, 5.41) is 4.30. The summed E-state index contributed by atoms with van der Waals surface area (Å²) < 4.78 is 7.06. The third-order valence-electron chi connectivity index (χ3n) is 3.20. The average Bonchev–Trinajstić information content (AvgIpc) is 2.50. The van der Waals surface area contributed by atoms with Gasteiger partial charge in [0.1, 0.15) is 5.75 Å². The Morgan fingerprint density at radius 1 is 1.33 bits per heavy atom. The van der Waals surface area contributed by atoms with Crippen LogP contribution in [0, 0.1) is 0 Å². The molecule has 0 aliphatic heterocycles. The number of thiol groups is 1. The maximum Gasteiger partial charge on any atom is 0.270 e. The summed E-state index contributed by atoms with van der Waals surface area (Å²) in [6.45, 7) is 2.84. The molecule has 0 atom stereocenters. The molecular weight excluding hydrogens is 284 g/mol. The van der Waals surface area contributed by atoms with E-state index in [1.54, 1.807) is 13.1 Å². The predicted molar refractivity (Wildman–Crippen MR) is 88.0 cm³/mol. The van der Waals surface area contributed by atoms with Crippen LogP contribution < -0.4 is 10.3 Å². The summed E-state index contributed by atoms with van der Waals surface area (Å²) in [6.07, 6.45) is 2.14. The van der Waals surface area contributed by atoms with E-state index >= 15 is 0 Å². The van der Waals surface area contributed by atoms with E-state index in [2.05, 4.69) is 24.7 Å². The van der Waals surface area contributed by atoms with E-state index in [-0.39, 0.29) is 5.56 Å². The van der Waals surface area contributed by atoms with Gasteiger partial charge in [-0.25, -0.2) is 4.68 Å². The molecule has 0 saturated heterocycles. The van der Waals surface area contributed by atoms with Gasteiger partial charge in [0, 0.05) is 23.9 Å². The highest BCUT2D eigenvalue weighted by molar-refractivity contribution is 7.79. The van der Waals surface area contributed by atoms with E-state index in [1.807, 2.05) is 24.3 Å². The van der Waals surface area contributed by atoms with Gasteiger partial charge in [0.2, 0.25) is 0 Å². The molecule has 1 heterocycles. The number of nitrogens with zero attached hydrogens (tertiary/aromatic N) is 2. The minimum absolute atomic E-state index is 0.107. The zero-order valence-electron chi connectivity index (χ0n) is 12.4. The number of ether oxygens (including phenoxy) is 1. The summed E-state index contributed by atoms with van der Waals surface area (Å²) in [6, 6.07) is 9.57. The van der Waals surface area contributed by atoms with Crippen molar-refractivity contribution in [3.63, 3.8) is 0 Å². The van der Waals surface area contributed by atoms with Gasteiger partial charge in [-0.1, -0.05) is 25.5 Å². The Morgan fingerprint density at radius 3 is 2.86 bits per heavy atom. The van der Waals surface area contributed by atoms with E-state index in [0.717, 1.165) is 29.8 Å². The molecule has 1 aromatic carbocycles. The van der Waals surface area contributed by atoms with Crippen molar-refractivity contribution < 1.29 is 4.74 Å². The molecule has 0 N–H and O–H groups in total. The molecule has 0 bridgehead atoms. The molecule has 1 aromatic heterocycles. The minimum atomic E-state index is -0.107. The van der Waals surface area contributed by atoms with Gasteiger partial charge in [0.15, 0.2) is 0 Å². The monoisotopic (exact) mass is 304 g/mol. The fourth-order valence-corrected chi connectivity index (χ4v) is 2.23. The molecule has 0 saturated carbocycles. The first-order chi connectivity index (χ1) is 10.2. The Bertz CT molecular complexity index is 668. The highest BCUT2D eigenvalue weighted by Crippen LogP contribution is 2.22. The fraction of sp³-hybridized carbons (Fsp3) is 0.375. The Morgan fingerprint density at radius 2 is 2.14 bits per heavy atom. The van der Waals surface area contributed by atoms with Crippen LogP contribution in [0.1, 0.15) is 25.3 Å². The standard InChI is InChI=1S/C16H20N2O2S/c1-3-4-8-20-14-7-5-6-12(9-14)15-10-13(11-21)16(19)18(2)17-15/h5-7,9-10,21H,3-4,8,11H2,1-2H3. The van der Waals surface area contributed by atoms with Crippen molar-refractivity contribution in [1.29, 1.82) is 0 Å². The molecule has 112 valence electrons. The summed E-state index contributed by atoms with van der Waals surface area (Å²) in [4.78, 5) is 11.9. The Hall–Kier alpha value is -1.75. The lowest BCUT2D eigenvalue weighted by atomic mass is 10.1. The van der Waals surface area contributed by atoms with Gasteiger partial charge in [-0.05, 0) is 24.6 Å². The summed E-state index contributed by atoms with van der Waals surface area (Å²) in [5.41, 5.74) is 2.22. The molecule has 2 aromatic rings. The lowest BCUT2D eigenvalue weighted by Gasteiger charge is -2.09. The van der Waals surface area contributed by atoms with Gasteiger partial charge < -0.3 is 4.74 Å². The molecule has 21 heavy (non-hydrogen) atoms. The van der Waals surface area contributed by atoms with Crippen LogP contribution in [0.25, 0.3) is 11.3 Å². The van der Waals surface area contributed by atoms with E-state index < -0.39 is 0 Å². The van der Waals surface area contributed by atoms with E-state index in [1.165, 1.54) is 4.68 Å². The fourth-order valence-electron chi connectivity index (χ4n) is 2.00. The second-order valence-electron chi connectivity index (χ2n) is 4.87. The van der Waals surface area contributed by atoms with Crippen LogP contribution >= 0.6 is 12.6 Å². The van der Waals surface area contributed by atoms with Crippen LogP contribution in [0.3, 0.4) is 0 Å². The molecule has 2 rings (SSSR count). The maximum absolute atomic E-state index is 11.9. The van der Waals surface area contributed by atoms with Crippen LogP contribution in [0.5, 0.6) is 5.75 Å². The zero-order chi connectivity index (χ0) is 15.2. The molecule has 0 radical (unpaired) electrons. The second-order valence-corrected chi connectivity index (χ2v) is 5.19. The Kier molecular flexibility index (Phi) is 5.44. The summed E-state index contributed by atoms with van der Waals surface area (Å²) >= 11 is 4.20. The molecule has 0 amide bonds. The average molecular weight is 304 g/mol. The molecule has 4 nitrogen and oxygen atoms in total. The number of aromatic nitrogens is 2. The lowest BCUT2D eigenvalue weighted by molar-refractivity contribution is 0.309. The van der Waals surface area contributed by atoms with Crippen LogP contribution in [0.4, 0.5) is 0 Å². The van der Waals surface area contributed by atoms with Crippen LogP contribution in [0.15, 0.2) is 35.1 Å². The quantitative estimate of drug-likeness (QED) is 0.659. The van der Waals surface area contributed by atoms with Gasteiger partial charge in [0.05, 0.1) is 12.3 Å². The van der Waals surface area contributed by atoms with Crippen molar-refractivity contribution >= 4 is 12.6 Å². The Labute approximate surface area is 130 Å². The number of hydrogen-bond donors (Lipinski definition) is 1. The number of unbranched alkanes of at least 4 members (excludes halogenated alkanes) is 1. The number of rotatable bonds is 6. The minimum Gasteiger partial charge on any atom is -0.494 e. The van der Waals surface area contributed by atoms with Gasteiger partial charge in [-0.3, -0.25) is 4.79 Å². The van der Waals surface area contributed by atoms with Gasteiger partial charge in [-0.2, -0.15) is 17.7 Å². The molecule has 0 spiro atoms. The van der Waals surface area contributed by atoms with Gasteiger partial charge in [0.25, 0.3) is 5.56 Å². The molecule has 0 fully saturated rings. The second kappa shape index (κ2) is 7.31. The SMILES string of the molecule is CCCCOc1cccc(-c2cc(CS)c(=O)n(C)n2)c1. The van der Waals surface area contributed by atoms with Crippen LogP contribution in [-0.2, 0) is 12.8 Å². The largest absolute Gasteiger partial charge is 0.494 e. The molecule has 0 unspecified atom stereocenters. The number of benzene rings is 1. The highest BCUT2D eigenvalue weighted by Gasteiger charge is 2.07. The normalized spacial score (nSPS) is 10.6. The maximum atomic E-state index is 11.9. The molecule has 0 aliphatic carbocycles. The first-order valence-corrected chi connectivity index (χ1v) is 7.70. The molecular formula is C16H20N2O2S. The van der Waals surface area contributed by atoms with Gasteiger partial charge in [-0.15, -0.1) is 0 Å². The number of aryl methyl sites for hydroxylation is 1.